The molecule has 18 heavy (non-hydrogen) atoms. The van der Waals surface area contributed by atoms with Crippen molar-refractivity contribution >= 4 is 11.7 Å². The van der Waals surface area contributed by atoms with Gasteiger partial charge in [0.2, 0.25) is 0 Å². The van der Waals surface area contributed by atoms with Crippen LogP contribution in [0.4, 0.5) is 0 Å². The van der Waals surface area contributed by atoms with E-state index in [4.69, 9.17) is 9.94 Å². The first-order valence-corrected chi connectivity index (χ1v) is 5.92. The maximum atomic E-state index is 11.5. The van der Waals surface area contributed by atoms with E-state index >= 15 is 0 Å². The SMILES string of the molecule is CCCCC(/C=C/C(=O)Oc1ccccc1)=N\O. The lowest BCUT2D eigenvalue weighted by Gasteiger charge is -2.00. The molecule has 4 heteroatoms. The van der Waals surface area contributed by atoms with Gasteiger partial charge in [0.05, 0.1) is 5.71 Å². The van der Waals surface area contributed by atoms with Gasteiger partial charge in [0.15, 0.2) is 0 Å². The van der Waals surface area contributed by atoms with Crippen LogP contribution in [0.2, 0.25) is 0 Å². The molecule has 0 saturated heterocycles. The standard InChI is InChI=1S/C14H17NO3/c1-2-3-7-12(15-17)10-11-14(16)18-13-8-5-4-6-9-13/h4-6,8-11,17H,2-3,7H2,1H3/b11-10+,15-12+. The Morgan fingerprint density at radius 3 is 2.67 bits per heavy atom. The van der Waals surface area contributed by atoms with Gasteiger partial charge >= 0.3 is 5.97 Å². The summed E-state index contributed by atoms with van der Waals surface area (Å²) in [6.45, 7) is 2.04. The van der Waals surface area contributed by atoms with Crippen LogP contribution in [0.3, 0.4) is 0 Å². The zero-order chi connectivity index (χ0) is 13.2. The van der Waals surface area contributed by atoms with Gasteiger partial charge in [-0.15, -0.1) is 0 Å². The minimum absolute atomic E-state index is 0.474. The van der Waals surface area contributed by atoms with E-state index in [1.807, 2.05) is 13.0 Å². The Balaban J connectivity index is 2.48. The lowest BCUT2D eigenvalue weighted by molar-refractivity contribution is -0.128. The number of benzene rings is 1. The van der Waals surface area contributed by atoms with E-state index in [1.165, 1.54) is 12.2 Å². The molecule has 4 nitrogen and oxygen atoms in total. The summed E-state index contributed by atoms with van der Waals surface area (Å²) in [6.07, 6.45) is 5.29. The molecule has 0 aliphatic carbocycles. The number of ether oxygens (including phenoxy) is 1. The monoisotopic (exact) mass is 247 g/mol. The molecule has 0 bridgehead atoms. The largest absolute Gasteiger partial charge is 0.423 e. The average molecular weight is 247 g/mol. The molecule has 1 aromatic rings. The first-order chi connectivity index (χ1) is 8.76. The number of carbonyl (C=O) groups excluding carboxylic acids is 1. The van der Waals surface area contributed by atoms with Gasteiger partial charge in [0.1, 0.15) is 5.75 Å². The number of esters is 1. The maximum Gasteiger partial charge on any atom is 0.336 e. The topological polar surface area (TPSA) is 58.9 Å². The number of rotatable bonds is 6. The fraction of sp³-hybridized carbons (Fsp3) is 0.286. The number of allylic oxidation sites excluding steroid dienone is 1. The minimum Gasteiger partial charge on any atom is -0.423 e. The van der Waals surface area contributed by atoms with Crippen LogP contribution in [-0.4, -0.2) is 16.9 Å². The van der Waals surface area contributed by atoms with Gasteiger partial charge in [-0.3, -0.25) is 0 Å². The van der Waals surface area contributed by atoms with Crippen molar-refractivity contribution in [2.45, 2.75) is 26.2 Å². The molecule has 0 atom stereocenters. The van der Waals surface area contributed by atoms with Gasteiger partial charge in [0.25, 0.3) is 0 Å². The molecule has 1 N–H and O–H groups in total. The van der Waals surface area contributed by atoms with E-state index in [0.717, 1.165) is 12.8 Å². The second-order valence-corrected chi connectivity index (χ2v) is 3.76. The zero-order valence-corrected chi connectivity index (χ0v) is 10.4. The molecule has 0 aliphatic rings. The van der Waals surface area contributed by atoms with E-state index in [2.05, 4.69) is 5.16 Å². The fourth-order valence-corrected chi connectivity index (χ4v) is 1.33. The van der Waals surface area contributed by atoms with Crippen LogP contribution in [0.1, 0.15) is 26.2 Å². The number of unbranched alkanes of at least 4 members (excludes halogenated alkanes) is 1. The molecule has 0 unspecified atom stereocenters. The third-order valence-corrected chi connectivity index (χ3v) is 2.29. The number of para-hydroxylation sites is 1. The number of hydrogen-bond acceptors (Lipinski definition) is 4. The lowest BCUT2D eigenvalue weighted by Crippen LogP contribution is -2.05. The van der Waals surface area contributed by atoms with Gasteiger partial charge in [-0.1, -0.05) is 36.7 Å². The molecule has 0 aromatic heterocycles. The molecule has 1 rings (SSSR count). The van der Waals surface area contributed by atoms with E-state index in [-0.39, 0.29) is 0 Å². The normalized spacial score (nSPS) is 11.7. The van der Waals surface area contributed by atoms with E-state index in [9.17, 15) is 4.79 Å². The highest BCUT2D eigenvalue weighted by Gasteiger charge is 2.01. The van der Waals surface area contributed by atoms with Crippen molar-refractivity contribution in [1.82, 2.24) is 0 Å². The first kappa shape index (κ1) is 14.0. The predicted octanol–water partition coefficient (Wildman–Crippen LogP) is 3.17. The molecule has 96 valence electrons. The van der Waals surface area contributed by atoms with Crippen molar-refractivity contribution in [3.8, 4) is 5.75 Å². The Morgan fingerprint density at radius 1 is 1.33 bits per heavy atom. The zero-order valence-electron chi connectivity index (χ0n) is 10.4. The molecule has 1 aromatic carbocycles. The third-order valence-electron chi connectivity index (χ3n) is 2.29. The van der Waals surface area contributed by atoms with Crippen molar-refractivity contribution in [3.63, 3.8) is 0 Å². The van der Waals surface area contributed by atoms with E-state index < -0.39 is 5.97 Å². The summed E-state index contributed by atoms with van der Waals surface area (Å²) < 4.78 is 5.05. The number of hydrogen-bond donors (Lipinski definition) is 1. The highest BCUT2D eigenvalue weighted by molar-refractivity contribution is 5.99. The summed E-state index contributed by atoms with van der Waals surface area (Å²) in [7, 11) is 0. The van der Waals surface area contributed by atoms with Gasteiger partial charge in [-0.05, 0) is 31.1 Å². The van der Waals surface area contributed by atoms with Crippen LogP contribution < -0.4 is 4.74 Å². The smallest absolute Gasteiger partial charge is 0.336 e. The van der Waals surface area contributed by atoms with Gasteiger partial charge in [-0.25, -0.2) is 4.79 Å². The highest BCUT2D eigenvalue weighted by Crippen LogP contribution is 2.08. The predicted molar refractivity (Wildman–Crippen MR) is 70.0 cm³/mol. The molecular formula is C14H17NO3. The second kappa shape index (κ2) is 8.06. The Kier molecular flexibility index (Phi) is 6.25. The molecule has 0 radical (unpaired) electrons. The van der Waals surface area contributed by atoms with Crippen molar-refractivity contribution in [1.29, 1.82) is 0 Å². The van der Waals surface area contributed by atoms with Crippen LogP contribution in [0.5, 0.6) is 5.75 Å². The van der Waals surface area contributed by atoms with E-state index in [1.54, 1.807) is 24.3 Å². The third kappa shape index (κ3) is 5.30. The van der Waals surface area contributed by atoms with Crippen LogP contribution >= 0.6 is 0 Å². The quantitative estimate of drug-likeness (QED) is 0.210. The molecule has 0 saturated carbocycles. The van der Waals surface area contributed by atoms with Crippen LogP contribution in [0, 0.1) is 0 Å². The Bertz CT molecular complexity index is 424. The second-order valence-electron chi connectivity index (χ2n) is 3.76. The minimum atomic E-state index is -0.487. The van der Waals surface area contributed by atoms with Crippen molar-refractivity contribution in [2.24, 2.45) is 5.16 Å². The Hall–Kier alpha value is -2.10. The first-order valence-electron chi connectivity index (χ1n) is 5.92. The Morgan fingerprint density at radius 2 is 2.06 bits per heavy atom. The Labute approximate surface area is 107 Å². The fourth-order valence-electron chi connectivity index (χ4n) is 1.33. The highest BCUT2D eigenvalue weighted by atomic mass is 16.5. The maximum absolute atomic E-state index is 11.5. The number of nitrogens with zero attached hydrogens (tertiary/aromatic N) is 1. The number of carbonyl (C=O) groups is 1. The molecule has 0 amide bonds. The van der Waals surface area contributed by atoms with Gasteiger partial charge in [-0.2, -0.15) is 0 Å². The van der Waals surface area contributed by atoms with Crippen molar-refractivity contribution in [3.05, 3.63) is 42.5 Å². The molecular weight excluding hydrogens is 230 g/mol. The summed E-state index contributed by atoms with van der Waals surface area (Å²) in [6, 6.07) is 8.81. The summed E-state index contributed by atoms with van der Waals surface area (Å²) >= 11 is 0. The van der Waals surface area contributed by atoms with Crippen molar-refractivity contribution < 1.29 is 14.7 Å². The molecule has 0 fully saturated rings. The summed E-state index contributed by atoms with van der Waals surface area (Å²) in [4.78, 5) is 11.5. The van der Waals surface area contributed by atoms with E-state index in [0.29, 0.717) is 17.9 Å². The van der Waals surface area contributed by atoms with Gasteiger partial charge in [0, 0.05) is 6.08 Å². The summed E-state index contributed by atoms with van der Waals surface area (Å²) in [5.41, 5.74) is 0.474. The van der Waals surface area contributed by atoms with Crippen molar-refractivity contribution in [2.75, 3.05) is 0 Å². The molecule has 0 spiro atoms. The summed E-state index contributed by atoms with van der Waals surface area (Å²) in [5, 5.41) is 11.9. The lowest BCUT2D eigenvalue weighted by atomic mass is 10.1. The number of oxime groups is 1. The summed E-state index contributed by atoms with van der Waals surface area (Å²) in [5.74, 6) is 0.00189. The van der Waals surface area contributed by atoms with Crippen LogP contribution in [0.15, 0.2) is 47.6 Å². The van der Waals surface area contributed by atoms with Gasteiger partial charge < -0.3 is 9.94 Å². The molecule has 0 aliphatic heterocycles. The van der Waals surface area contributed by atoms with Crippen LogP contribution in [-0.2, 0) is 4.79 Å². The van der Waals surface area contributed by atoms with Crippen LogP contribution in [0.25, 0.3) is 0 Å². The average Bonchev–Trinajstić information content (AvgIpc) is 2.40. The molecule has 0 heterocycles.